The molecule has 0 radical (unpaired) electrons. The van der Waals surface area contributed by atoms with Crippen LogP contribution in [0.4, 0.5) is 13.2 Å². The summed E-state index contributed by atoms with van der Waals surface area (Å²) >= 11 is 0. The highest BCUT2D eigenvalue weighted by Gasteiger charge is 2.40. The maximum absolute atomic E-state index is 12.9. The number of carbonyl (C=O) groups is 1. The molecule has 2 bridgehead atoms. The zero-order chi connectivity index (χ0) is 17.5. The smallest absolute Gasteiger partial charge is 0.300 e. The van der Waals surface area contributed by atoms with Gasteiger partial charge < -0.3 is 4.90 Å². The second-order valence-electron chi connectivity index (χ2n) is 6.81. The number of halogens is 3. The van der Waals surface area contributed by atoms with E-state index in [1.165, 1.54) is 0 Å². The van der Waals surface area contributed by atoms with Crippen molar-refractivity contribution >= 4 is 5.78 Å². The van der Waals surface area contributed by atoms with Crippen LogP contribution in [0.25, 0.3) is 0 Å². The number of benzene rings is 1. The number of alkyl halides is 3. The Morgan fingerprint density at radius 3 is 2.42 bits per heavy atom. The molecule has 2 saturated heterocycles. The number of ketones is 1. The Labute approximate surface area is 139 Å². The first-order chi connectivity index (χ1) is 11.3. The molecule has 24 heavy (non-hydrogen) atoms. The molecule has 0 aromatic heterocycles. The zero-order valence-electron chi connectivity index (χ0n) is 13.4. The fraction of sp³-hybridized carbons (Fsp3) is 0.556. The van der Waals surface area contributed by atoms with E-state index in [9.17, 15) is 23.2 Å². The van der Waals surface area contributed by atoms with Crippen molar-refractivity contribution in [3.8, 4) is 6.07 Å². The van der Waals surface area contributed by atoms with Crippen LogP contribution >= 0.6 is 0 Å². The second kappa shape index (κ2) is 6.21. The Hall–Kier alpha value is -1.87. The summed E-state index contributed by atoms with van der Waals surface area (Å²) in [6.07, 6.45) is -0.0330. The summed E-state index contributed by atoms with van der Waals surface area (Å²) in [5, 5.41) is 9.17. The molecule has 2 heterocycles. The van der Waals surface area contributed by atoms with Crippen LogP contribution in [0, 0.1) is 17.2 Å². The molecule has 2 aliphatic heterocycles. The van der Waals surface area contributed by atoms with Crippen molar-refractivity contribution in [2.24, 2.45) is 5.92 Å². The fourth-order valence-electron chi connectivity index (χ4n) is 4.07. The number of nitriles is 1. The normalized spacial score (nSPS) is 27.5. The average molecular weight is 336 g/mol. The topological polar surface area (TPSA) is 44.1 Å². The van der Waals surface area contributed by atoms with E-state index in [0.29, 0.717) is 24.9 Å². The quantitative estimate of drug-likeness (QED) is 0.766. The van der Waals surface area contributed by atoms with E-state index in [2.05, 4.69) is 11.9 Å². The Morgan fingerprint density at radius 2 is 1.88 bits per heavy atom. The highest BCUT2D eigenvalue weighted by Crippen LogP contribution is 2.38. The molecule has 0 N–H and O–H groups in total. The summed E-state index contributed by atoms with van der Waals surface area (Å²) in [6, 6.07) is 5.28. The van der Waals surface area contributed by atoms with E-state index in [4.69, 9.17) is 0 Å². The van der Waals surface area contributed by atoms with Crippen molar-refractivity contribution in [2.45, 2.75) is 50.4 Å². The Morgan fingerprint density at radius 1 is 1.25 bits per heavy atom. The summed E-state index contributed by atoms with van der Waals surface area (Å²) in [5.41, 5.74) is -0.935. The number of rotatable bonds is 2. The summed E-state index contributed by atoms with van der Waals surface area (Å²) in [4.78, 5) is 15.2. The molecule has 3 nitrogen and oxygen atoms in total. The second-order valence-corrected chi connectivity index (χ2v) is 6.81. The van der Waals surface area contributed by atoms with Crippen molar-refractivity contribution in [3.63, 3.8) is 0 Å². The van der Waals surface area contributed by atoms with Gasteiger partial charge in [0.2, 0.25) is 0 Å². The van der Waals surface area contributed by atoms with Gasteiger partial charge in [0.05, 0.1) is 17.2 Å². The molecule has 2 fully saturated rings. The molecular weight excluding hydrogens is 317 g/mol. The molecular formula is C18H19F3N2O. The van der Waals surface area contributed by atoms with Gasteiger partial charge in [0.25, 0.3) is 0 Å². The molecule has 2 aliphatic rings. The predicted octanol–water partition coefficient (Wildman–Crippen LogP) is 4.02. The molecule has 0 amide bonds. The van der Waals surface area contributed by atoms with Crippen LogP contribution in [0.3, 0.4) is 0 Å². The maximum atomic E-state index is 12.9. The summed E-state index contributed by atoms with van der Waals surface area (Å²) < 4.78 is 38.8. The first kappa shape index (κ1) is 17.0. The van der Waals surface area contributed by atoms with Gasteiger partial charge in [0.15, 0.2) is 5.78 Å². The summed E-state index contributed by atoms with van der Waals surface area (Å²) in [6.45, 7) is 0. The third-order valence-corrected chi connectivity index (χ3v) is 5.44. The molecule has 0 saturated carbocycles. The van der Waals surface area contributed by atoms with E-state index in [0.717, 1.165) is 37.5 Å². The molecule has 0 aliphatic carbocycles. The number of hydrogen-bond donors (Lipinski definition) is 0. The first-order valence-corrected chi connectivity index (χ1v) is 8.18. The van der Waals surface area contributed by atoms with Gasteiger partial charge in [-0.2, -0.15) is 18.4 Å². The summed E-state index contributed by atoms with van der Waals surface area (Å²) in [5.74, 6) is -0.616. The van der Waals surface area contributed by atoms with Gasteiger partial charge in [0.1, 0.15) is 0 Å². The molecule has 1 aromatic rings. The third kappa shape index (κ3) is 3.05. The molecule has 2 atom stereocenters. The first-order valence-electron chi connectivity index (χ1n) is 8.18. The number of Topliss-reactive ketones (excluding diaryl/α,β-unsaturated/α-hetero) is 1. The zero-order valence-corrected chi connectivity index (χ0v) is 13.4. The van der Waals surface area contributed by atoms with Crippen LogP contribution in [0.1, 0.15) is 53.6 Å². The van der Waals surface area contributed by atoms with E-state index in [1.807, 2.05) is 6.07 Å². The van der Waals surface area contributed by atoms with E-state index < -0.39 is 11.7 Å². The maximum Gasteiger partial charge on any atom is 0.416 e. The largest absolute Gasteiger partial charge is 0.416 e. The van der Waals surface area contributed by atoms with Crippen molar-refractivity contribution in [1.82, 2.24) is 4.90 Å². The Bertz CT molecular complexity index is 678. The lowest BCUT2D eigenvalue weighted by Gasteiger charge is -2.46. The van der Waals surface area contributed by atoms with Crippen molar-refractivity contribution < 1.29 is 18.0 Å². The SMILES string of the molecule is CN1C2CCCC1CC(C(=O)c1cc(C(F)(F)F)ccc1C#N)C2. The van der Waals surface area contributed by atoms with Gasteiger partial charge >= 0.3 is 6.18 Å². The predicted molar refractivity (Wildman–Crippen MR) is 82.4 cm³/mol. The van der Waals surface area contributed by atoms with Gasteiger partial charge in [-0.1, -0.05) is 6.42 Å². The number of piperidine rings is 2. The number of carbonyl (C=O) groups excluding carboxylic acids is 1. The lowest BCUT2D eigenvalue weighted by Crippen LogP contribution is -2.51. The van der Waals surface area contributed by atoms with E-state index in [-0.39, 0.29) is 22.8 Å². The van der Waals surface area contributed by atoms with E-state index in [1.54, 1.807) is 0 Å². The van der Waals surface area contributed by atoms with Crippen molar-refractivity contribution in [1.29, 1.82) is 5.26 Å². The number of hydrogen-bond acceptors (Lipinski definition) is 3. The minimum absolute atomic E-state index is 0.0251. The highest BCUT2D eigenvalue weighted by atomic mass is 19.4. The highest BCUT2D eigenvalue weighted by molar-refractivity contribution is 6.00. The number of nitrogens with zero attached hydrogens (tertiary/aromatic N) is 2. The average Bonchev–Trinajstić information content (AvgIpc) is 2.52. The molecule has 1 aromatic carbocycles. The standard InChI is InChI=1S/C18H19F3N2O/c1-23-14-3-2-4-15(23)8-12(7-14)17(24)16-9-13(18(19,20)21)6-5-11(16)10-22/h5-6,9,12,14-15H,2-4,7-8H2,1H3. The number of fused-ring (bicyclic) bond motifs is 2. The lowest BCUT2D eigenvalue weighted by molar-refractivity contribution is -0.137. The third-order valence-electron chi connectivity index (χ3n) is 5.44. The summed E-state index contributed by atoms with van der Waals surface area (Å²) in [7, 11) is 2.06. The van der Waals surface area contributed by atoms with Crippen molar-refractivity contribution in [3.05, 3.63) is 34.9 Å². The van der Waals surface area contributed by atoms with Crippen LogP contribution in [-0.2, 0) is 6.18 Å². The lowest BCUT2D eigenvalue weighted by atomic mass is 9.75. The van der Waals surface area contributed by atoms with Gasteiger partial charge in [-0.05, 0) is 50.9 Å². The van der Waals surface area contributed by atoms with Crippen LogP contribution < -0.4 is 0 Å². The molecule has 0 spiro atoms. The van der Waals surface area contributed by atoms with Gasteiger partial charge in [-0.15, -0.1) is 0 Å². The monoisotopic (exact) mass is 336 g/mol. The van der Waals surface area contributed by atoms with Gasteiger partial charge in [-0.25, -0.2) is 0 Å². The minimum Gasteiger partial charge on any atom is -0.300 e. The van der Waals surface area contributed by atoms with Crippen molar-refractivity contribution in [2.75, 3.05) is 7.05 Å². The molecule has 6 heteroatoms. The molecule has 2 unspecified atom stereocenters. The van der Waals surface area contributed by atoms with E-state index >= 15 is 0 Å². The van der Waals surface area contributed by atoms with Gasteiger partial charge in [0, 0.05) is 23.6 Å². The molecule has 128 valence electrons. The molecule has 3 rings (SSSR count). The van der Waals surface area contributed by atoms with Crippen LogP contribution in [0.5, 0.6) is 0 Å². The Kier molecular flexibility index (Phi) is 4.39. The van der Waals surface area contributed by atoms with Gasteiger partial charge in [-0.3, -0.25) is 4.79 Å². The Balaban J connectivity index is 1.91. The minimum atomic E-state index is -4.52. The van der Waals surface area contributed by atoms with Crippen LogP contribution in [0.2, 0.25) is 0 Å². The van der Waals surface area contributed by atoms with Crippen LogP contribution in [0.15, 0.2) is 18.2 Å². The van der Waals surface area contributed by atoms with Crippen LogP contribution in [-0.4, -0.2) is 29.8 Å². The fourth-order valence-corrected chi connectivity index (χ4v) is 4.07.